The topological polar surface area (TPSA) is 80.6 Å². The summed E-state index contributed by atoms with van der Waals surface area (Å²) >= 11 is 1.42. The SMILES string of the molecule is CC(=O)Oc1c2n(ccc1=O)N([C@@H]1c3ccccc3CSc3c(F)cccc31)CNC2=O. The van der Waals surface area contributed by atoms with Crippen LogP contribution in [-0.4, -0.2) is 23.2 Å². The summed E-state index contributed by atoms with van der Waals surface area (Å²) in [5.41, 5.74) is 2.09. The second-order valence-corrected chi connectivity index (χ2v) is 8.43. The lowest BCUT2D eigenvalue weighted by molar-refractivity contribution is -0.132. The van der Waals surface area contributed by atoms with Crippen LogP contribution in [0.5, 0.6) is 5.75 Å². The van der Waals surface area contributed by atoms with Crippen LogP contribution < -0.4 is 20.5 Å². The molecule has 2 aromatic carbocycles. The Morgan fingerprint density at radius 3 is 2.72 bits per heavy atom. The van der Waals surface area contributed by atoms with E-state index < -0.39 is 23.3 Å². The lowest BCUT2D eigenvalue weighted by Crippen LogP contribution is -2.54. The fourth-order valence-electron chi connectivity index (χ4n) is 4.17. The van der Waals surface area contributed by atoms with Crippen LogP contribution in [0.2, 0.25) is 0 Å². The molecule has 1 aromatic heterocycles. The molecule has 7 nitrogen and oxygen atoms in total. The highest BCUT2D eigenvalue weighted by Crippen LogP contribution is 2.43. The zero-order chi connectivity index (χ0) is 22.4. The number of pyridine rings is 1. The third kappa shape index (κ3) is 3.25. The Balaban J connectivity index is 1.76. The predicted octanol–water partition coefficient (Wildman–Crippen LogP) is 2.95. The van der Waals surface area contributed by atoms with Gasteiger partial charge in [0.25, 0.3) is 5.91 Å². The molecule has 5 rings (SSSR count). The number of carbonyl (C=O) groups is 2. The lowest BCUT2D eigenvalue weighted by Gasteiger charge is -2.40. The molecule has 0 spiro atoms. The van der Waals surface area contributed by atoms with Gasteiger partial charge >= 0.3 is 5.97 Å². The first kappa shape index (κ1) is 20.3. The highest BCUT2D eigenvalue weighted by atomic mass is 32.2. The van der Waals surface area contributed by atoms with E-state index in [1.54, 1.807) is 6.07 Å². The second kappa shape index (κ2) is 7.83. The fourth-order valence-corrected chi connectivity index (χ4v) is 5.28. The number of fused-ring (bicyclic) bond motifs is 3. The molecule has 1 atom stereocenters. The first-order chi connectivity index (χ1) is 15.5. The summed E-state index contributed by atoms with van der Waals surface area (Å²) < 4.78 is 21.4. The molecule has 162 valence electrons. The van der Waals surface area contributed by atoms with E-state index in [0.29, 0.717) is 10.6 Å². The molecule has 32 heavy (non-hydrogen) atoms. The van der Waals surface area contributed by atoms with Crippen molar-refractivity contribution >= 4 is 23.6 Å². The number of nitrogens with zero attached hydrogens (tertiary/aromatic N) is 2. The minimum Gasteiger partial charge on any atom is -0.420 e. The predicted molar refractivity (Wildman–Crippen MR) is 117 cm³/mol. The van der Waals surface area contributed by atoms with E-state index in [2.05, 4.69) is 5.32 Å². The molecule has 1 amide bonds. The van der Waals surface area contributed by atoms with Gasteiger partial charge in [0.1, 0.15) is 12.5 Å². The van der Waals surface area contributed by atoms with Crippen molar-refractivity contribution in [2.45, 2.75) is 23.6 Å². The van der Waals surface area contributed by atoms with Crippen LogP contribution >= 0.6 is 11.8 Å². The van der Waals surface area contributed by atoms with Gasteiger partial charge in [-0.1, -0.05) is 36.4 Å². The monoisotopic (exact) mass is 451 g/mol. The summed E-state index contributed by atoms with van der Waals surface area (Å²) in [5, 5.41) is 4.58. The van der Waals surface area contributed by atoms with Crippen LogP contribution in [0.15, 0.2) is 64.4 Å². The van der Waals surface area contributed by atoms with Gasteiger partial charge in [0.15, 0.2) is 5.69 Å². The molecule has 3 aromatic rings. The molecule has 0 radical (unpaired) electrons. The number of amides is 1. The number of thioether (sulfide) groups is 1. The Morgan fingerprint density at radius 2 is 1.91 bits per heavy atom. The third-order valence-corrected chi connectivity index (χ3v) is 6.66. The third-order valence-electron chi connectivity index (χ3n) is 5.49. The lowest BCUT2D eigenvalue weighted by atomic mass is 9.94. The average Bonchev–Trinajstić information content (AvgIpc) is 2.93. The van der Waals surface area contributed by atoms with E-state index in [-0.39, 0.29) is 23.9 Å². The molecule has 0 bridgehead atoms. The van der Waals surface area contributed by atoms with Gasteiger partial charge in [0, 0.05) is 29.8 Å². The maximum atomic E-state index is 14.8. The maximum absolute atomic E-state index is 14.8. The number of esters is 1. The van der Waals surface area contributed by atoms with Gasteiger partial charge in [0.05, 0.1) is 6.04 Å². The highest BCUT2D eigenvalue weighted by Gasteiger charge is 2.36. The molecule has 2 aliphatic heterocycles. The Hall–Kier alpha value is -3.59. The van der Waals surface area contributed by atoms with Gasteiger partial charge in [-0.15, -0.1) is 11.8 Å². The largest absolute Gasteiger partial charge is 0.420 e. The van der Waals surface area contributed by atoms with Gasteiger partial charge in [-0.2, -0.15) is 0 Å². The van der Waals surface area contributed by atoms with Crippen LogP contribution in [0.25, 0.3) is 0 Å². The molecular formula is C23H18FN3O4S. The van der Waals surface area contributed by atoms with Gasteiger partial charge in [0.2, 0.25) is 11.2 Å². The molecule has 2 aliphatic rings. The van der Waals surface area contributed by atoms with E-state index in [4.69, 9.17) is 4.74 Å². The summed E-state index contributed by atoms with van der Waals surface area (Å²) in [6.07, 6.45) is 1.48. The number of rotatable bonds is 2. The molecule has 1 N–H and O–H groups in total. The van der Waals surface area contributed by atoms with Gasteiger partial charge in [-0.05, 0) is 22.8 Å². The van der Waals surface area contributed by atoms with Crippen molar-refractivity contribution in [2.24, 2.45) is 0 Å². The summed E-state index contributed by atoms with van der Waals surface area (Å²) in [7, 11) is 0. The number of ether oxygens (including phenoxy) is 1. The van der Waals surface area contributed by atoms with Crippen molar-refractivity contribution in [3.63, 3.8) is 0 Å². The van der Waals surface area contributed by atoms with Crippen LogP contribution in [0.1, 0.15) is 40.1 Å². The minimum absolute atomic E-state index is 0.0775. The van der Waals surface area contributed by atoms with Crippen LogP contribution in [-0.2, 0) is 10.5 Å². The Morgan fingerprint density at radius 1 is 1.12 bits per heavy atom. The minimum atomic E-state index is -0.704. The van der Waals surface area contributed by atoms with E-state index >= 15 is 0 Å². The molecule has 3 heterocycles. The maximum Gasteiger partial charge on any atom is 0.308 e. The second-order valence-electron chi connectivity index (χ2n) is 7.45. The average molecular weight is 451 g/mol. The number of carbonyl (C=O) groups excluding carboxylic acids is 2. The molecule has 0 aliphatic carbocycles. The molecule has 0 saturated heterocycles. The van der Waals surface area contributed by atoms with Crippen molar-refractivity contribution in [2.75, 3.05) is 11.7 Å². The van der Waals surface area contributed by atoms with Crippen molar-refractivity contribution in [3.8, 4) is 5.75 Å². The number of hydrogen-bond acceptors (Lipinski definition) is 6. The first-order valence-corrected chi connectivity index (χ1v) is 10.9. The van der Waals surface area contributed by atoms with Gasteiger partial charge in [-0.3, -0.25) is 24.1 Å². The van der Waals surface area contributed by atoms with Crippen molar-refractivity contribution in [1.29, 1.82) is 0 Å². The van der Waals surface area contributed by atoms with E-state index in [0.717, 1.165) is 16.7 Å². The van der Waals surface area contributed by atoms with E-state index in [1.165, 1.54) is 41.7 Å². The Labute approximate surface area is 186 Å². The van der Waals surface area contributed by atoms with Crippen LogP contribution in [0, 0.1) is 5.82 Å². The van der Waals surface area contributed by atoms with Crippen LogP contribution in [0.3, 0.4) is 0 Å². The van der Waals surface area contributed by atoms with Crippen LogP contribution in [0.4, 0.5) is 4.39 Å². The number of benzene rings is 2. The molecule has 0 fully saturated rings. The first-order valence-electron chi connectivity index (χ1n) is 9.94. The van der Waals surface area contributed by atoms with Crippen molar-refractivity contribution in [3.05, 3.63) is 93.2 Å². The number of aromatic nitrogens is 1. The standard InChI is InChI=1S/C23H18FN3O4S/c1-13(28)31-21-18(29)9-10-26-20(21)23(30)25-12-27(26)19-15-6-3-2-5-14(15)11-32-22-16(19)7-4-8-17(22)24/h2-10,19H,11-12H2,1H3,(H,25,30)/t19-/m1/s1. The van der Waals surface area contributed by atoms with E-state index in [9.17, 15) is 18.8 Å². The summed E-state index contributed by atoms with van der Waals surface area (Å²) in [4.78, 5) is 37.3. The van der Waals surface area contributed by atoms with Crippen molar-refractivity contribution in [1.82, 2.24) is 9.99 Å². The summed E-state index contributed by atoms with van der Waals surface area (Å²) in [6.45, 7) is 1.27. The van der Waals surface area contributed by atoms with Gasteiger partial charge < -0.3 is 10.1 Å². The zero-order valence-corrected chi connectivity index (χ0v) is 17.8. The molecule has 0 unspecified atom stereocenters. The summed E-state index contributed by atoms with van der Waals surface area (Å²) in [6, 6.07) is 13.6. The summed E-state index contributed by atoms with van der Waals surface area (Å²) in [5.74, 6) is -1.29. The molecule has 0 saturated carbocycles. The Kier molecular flexibility index (Phi) is 4.97. The fraction of sp³-hybridized carbons (Fsp3) is 0.174. The number of halogens is 1. The van der Waals surface area contributed by atoms with Gasteiger partial charge in [-0.25, -0.2) is 4.39 Å². The number of hydrogen-bond donors (Lipinski definition) is 1. The van der Waals surface area contributed by atoms with Crippen molar-refractivity contribution < 1.29 is 18.7 Å². The highest BCUT2D eigenvalue weighted by molar-refractivity contribution is 7.98. The Bertz CT molecular complexity index is 1320. The van der Waals surface area contributed by atoms with E-state index in [1.807, 2.05) is 35.3 Å². The molecular weight excluding hydrogens is 433 g/mol. The molecule has 9 heteroatoms. The normalized spacial score (nSPS) is 16.9. The zero-order valence-electron chi connectivity index (χ0n) is 17.0. The quantitative estimate of drug-likeness (QED) is 0.604. The number of nitrogens with one attached hydrogen (secondary N) is 1. The smallest absolute Gasteiger partial charge is 0.308 e.